The fourth-order valence-electron chi connectivity index (χ4n) is 2.97. The number of hydrogen-bond donors (Lipinski definition) is 0. The fourth-order valence-corrected chi connectivity index (χ4v) is 2.97. The van der Waals surface area contributed by atoms with Gasteiger partial charge in [0.2, 0.25) is 11.8 Å². The maximum absolute atomic E-state index is 12.3. The molecule has 0 spiro atoms. The topological polar surface area (TPSA) is 62.5 Å². The molecule has 2 aromatic rings. The summed E-state index contributed by atoms with van der Waals surface area (Å²) in [5, 5.41) is 7.89. The van der Waals surface area contributed by atoms with Crippen LogP contribution in [0.1, 0.15) is 30.7 Å². The highest BCUT2D eigenvalue weighted by atomic mass is 16.4. The van der Waals surface area contributed by atoms with Crippen molar-refractivity contribution < 1.29 is 9.21 Å². The second kappa shape index (κ2) is 7.95. The summed E-state index contributed by atoms with van der Waals surface area (Å²) < 4.78 is 5.44. The van der Waals surface area contributed by atoms with E-state index in [0.717, 1.165) is 45.4 Å². The minimum atomic E-state index is 0.254. The largest absolute Gasteiger partial charge is 0.408 e. The molecule has 128 valence electrons. The molecule has 1 amide bonds. The number of hydrogen-bond acceptors (Lipinski definition) is 5. The number of rotatable bonds is 6. The third-order valence-corrected chi connectivity index (χ3v) is 4.37. The van der Waals surface area contributed by atoms with Crippen molar-refractivity contribution in [3.8, 4) is 0 Å². The van der Waals surface area contributed by atoms with Crippen molar-refractivity contribution in [3.05, 3.63) is 41.8 Å². The highest BCUT2D eigenvalue weighted by molar-refractivity contribution is 5.76. The first-order valence-electron chi connectivity index (χ1n) is 8.59. The van der Waals surface area contributed by atoms with Crippen LogP contribution in [0.4, 0.5) is 6.01 Å². The van der Waals surface area contributed by atoms with Crippen LogP contribution in [0.5, 0.6) is 0 Å². The molecule has 24 heavy (non-hydrogen) atoms. The molecule has 2 heterocycles. The lowest BCUT2D eigenvalue weighted by Gasteiger charge is -2.33. The van der Waals surface area contributed by atoms with Gasteiger partial charge >= 0.3 is 6.01 Å². The Hall–Kier alpha value is -2.37. The molecule has 6 nitrogen and oxygen atoms in total. The van der Waals surface area contributed by atoms with Crippen molar-refractivity contribution in [2.45, 2.75) is 32.6 Å². The molecule has 3 rings (SSSR count). The van der Waals surface area contributed by atoms with Crippen molar-refractivity contribution >= 4 is 11.9 Å². The van der Waals surface area contributed by atoms with Crippen LogP contribution in [0.2, 0.25) is 0 Å². The van der Waals surface area contributed by atoms with Gasteiger partial charge in [-0.05, 0) is 24.8 Å². The summed E-state index contributed by atoms with van der Waals surface area (Å²) in [5.41, 5.74) is 1.34. The molecule has 0 saturated carbocycles. The quantitative estimate of drug-likeness (QED) is 0.762. The van der Waals surface area contributed by atoms with Crippen LogP contribution < -0.4 is 4.90 Å². The van der Waals surface area contributed by atoms with E-state index in [9.17, 15) is 4.79 Å². The van der Waals surface area contributed by atoms with Gasteiger partial charge in [0.05, 0.1) is 0 Å². The summed E-state index contributed by atoms with van der Waals surface area (Å²) in [6, 6.07) is 11.0. The highest BCUT2D eigenvalue weighted by Crippen LogP contribution is 2.15. The van der Waals surface area contributed by atoms with Crippen LogP contribution in [0.15, 0.2) is 34.7 Å². The molecule has 1 aliphatic heterocycles. The zero-order chi connectivity index (χ0) is 16.8. The Kier molecular flexibility index (Phi) is 5.46. The maximum Gasteiger partial charge on any atom is 0.318 e. The van der Waals surface area contributed by atoms with Gasteiger partial charge in [0.1, 0.15) is 0 Å². The van der Waals surface area contributed by atoms with E-state index in [1.807, 2.05) is 15.9 Å². The third kappa shape index (κ3) is 4.34. The predicted molar refractivity (Wildman–Crippen MR) is 91.8 cm³/mol. The summed E-state index contributed by atoms with van der Waals surface area (Å²) in [7, 11) is 0. The maximum atomic E-state index is 12.3. The minimum absolute atomic E-state index is 0.254. The van der Waals surface area contributed by atoms with Crippen LogP contribution in [0.3, 0.4) is 0 Å². The molecule has 1 saturated heterocycles. The predicted octanol–water partition coefficient (Wildman–Crippen LogP) is 2.44. The van der Waals surface area contributed by atoms with Gasteiger partial charge in [-0.3, -0.25) is 4.79 Å². The van der Waals surface area contributed by atoms with Crippen LogP contribution in [0.25, 0.3) is 0 Å². The number of piperazine rings is 1. The highest BCUT2D eigenvalue weighted by Gasteiger charge is 2.23. The van der Waals surface area contributed by atoms with Crippen LogP contribution in [0, 0.1) is 6.92 Å². The van der Waals surface area contributed by atoms with Gasteiger partial charge in [-0.2, -0.15) is 0 Å². The summed E-state index contributed by atoms with van der Waals surface area (Å²) in [6.45, 7) is 4.72. The Morgan fingerprint density at radius 3 is 2.50 bits per heavy atom. The molecular weight excluding hydrogens is 304 g/mol. The Labute approximate surface area is 142 Å². The molecule has 6 heteroatoms. The number of aryl methyl sites for hydroxylation is 2. The molecular formula is C18H24N4O2. The number of aromatic nitrogens is 2. The molecule has 1 aliphatic rings. The molecule has 1 fully saturated rings. The monoisotopic (exact) mass is 328 g/mol. The summed E-state index contributed by atoms with van der Waals surface area (Å²) in [6.07, 6.45) is 3.67. The number of anilines is 1. The van der Waals surface area contributed by atoms with Crippen LogP contribution >= 0.6 is 0 Å². The first-order chi connectivity index (χ1) is 11.7. The summed E-state index contributed by atoms with van der Waals surface area (Å²) in [5.74, 6) is 0.825. The molecule has 0 radical (unpaired) electrons. The zero-order valence-corrected chi connectivity index (χ0v) is 14.1. The average Bonchev–Trinajstić information content (AvgIpc) is 3.06. The van der Waals surface area contributed by atoms with Gasteiger partial charge < -0.3 is 14.2 Å². The van der Waals surface area contributed by atoms with Crippen molar-refractivity contribution in [1.82, 2.24) is 15.1 Å². The number of nitrogens with zero attached hydrogens (tertiary/aromatic N) is 4. The molecule has 0 atom stereocenters. The van der Waals surface area contributed by atoms with E-state index in [-0.39, 0.29) is 5.91 Å². The van der Waals surface area contributed by atoms with E-state index in [0.29, 0.717) is 18.3 Å². The van der Waals surface area contributed by atoms with E-state index in [1.54, 1.807) is 6.92 Å². The van der Waals surface area contributed by atoms with E-state index in [2.05, 4.69) is 34.5 Å². The van der Waals surface area contributed by atoms with E-state index >= 15 is 0 Å². The van der Waals surface area contributed by atoms with Gasteiger partial charge in [0.25, 0.3) is 0 Å². The van der Waals surface area contributed by atoms with Gasteiger partial charge in [-0.15, -0.1) is 5.10 Å². The molecule has 0 N–H and O–H groups in total. The standard InChI is InChI=1S/C18H24N4O2/c1-15-19-20-18(24-15)22-13-11-21(12-14-22)17(23)10-6-5-9-16-7-3-2-4-8-16/h2-4,7-8H,5-6,9-14H2,1H3. The second-order valence-electron chi connectivity index (χ2n) is 6.16. The molecule has 1 aromatic carbocycles. The summed E-state index contributed by atoms with van der Waals surface area (Å²) in [4.78, 5) is 16.3. The number of carbonyl (C=O) groups excluding carboxylic acids is 1. The second-order valence-corrected chi connectivity index (χ2v) is 6.16. The molecule has 0 aliphatic carbocycles. The summed E-state index contributed by atoms with van der Waals surface area (Å²) >= 11 is 0. The average molecular weight is 328 g/mol. The van der Waals surface area contributed by atoms with Crippen molar-refractivity contribution in [3.63, 3.8) is 0 Å². The fraction of sp³-hybridized carbons (Fsp3) is 0.500. The van der Waals surface area contributed by atoms with Crippen molar-refractivity contribution in [2.24, 2.45) is 0 Å². The SMILES string of the molecule is Cc1nnc(N2CCN(C(=O)CCCCc3ccccc3)CC2)o1. The Morgan fingerprint density at radius 1 is 1.08 bits per heavy atom. The zero-order valence-electron chi connectivity index (χ0n) is 14.1. The first-order valence-corrected chi connectivity index (χ1v) is 8.59. The lowest BCUT2D eigenvalue weighted by molar-refractivity contribution is -0.131. The van der Waals surface area contributed by atoms with E-state index in [4.69, 9.17) is 4.42 Å². The minimum Gasteiger partial charge on any atom is -0.408 e. The van der Waals surface area contributed by atoms with Crippen molar-refractivity contribution in [1.29, 1.82) is 0 Å². The van der Waals surface area contributed by atoms with Crippen LogP contribution in [-0.2, 0) is 11.2 Å². The van der Waals surface area contributed by atoms with E-state index in [1.165, 1.54) is 5.56 Å². The number of amides is 1. The molecule has 0 bridgehead atoms. The Bertz CT molecular complexity index is 648. The van der Waals surface area contributed by atoms with Gasteiger partial charge in [-0.1, -0.05) is 35.4 Å². The van der Waals surface area contributed by atoms with E-state index < -0.39 is 0 Å². The Morgan fingerprint density at radius 2 is 1.83 bits per heavy atom. The number of unbranched alkanes of at least 4 members (excludes halogenated alkanes) is 1. The normalized spacial score (nSPS) is 14.9. The molecule has 1 aromatic heterocycles. The lowest BCUT2D eigenvalue weighted by atomic mass is 10.1. The smallest absolute Gasteiger partial charge is 0.318 e. The van der Waals surface area contributed by atoms with Crippen molar-refractivity contribution in [2.75, 3.05) is 31.1 Å². The lowest BCUT2D eigenvalue weighted by Crippen LogP contribution is -2.48. The molecule has 0 unspecified atom stereocenters. The van der Waals surface area contributed by atoms with Crippen LogP contribution in [-0.4, -0.2) is 47.2 Å². The van der Waals surface area contributed by atoms with Gasteiger partial charge in [0.15, 0.2) is 0 Å². The number of benzene rings is 1. The number of carbonyl (C=O) groups is 1. The van der Waals surface area contributed by atoms with Gasteiger partial charge in [-0.25, -0.2) is 0 Å². The first kappa shape index (κ1) is 16.5. The third-order valence-electron chi connectivity index (χ3n) is 4.37. The Balaban J connectivity index is 1.36. The van der Waals surface area contributed by atoms with Gasteiger partial charge in [0, 0.05) is 39.5 Å².